The molecule has 3 aromatic rings. The maximum Gasteiger partial charge on any atom is 0.295 e. The fourth-order valence-electron chi connectivity index (χ4n) is 4.78. The number of hydrogen-bond donors (Lipinski definition) is 1. The van der Waals surface area contributed by atoms with Crippen LogP contribution in [-0.2, 0) is 9.59 Å². The summed E-state index contributed by atoms with van der Waals surface area (Å²) in [6.45, 7) is 4.75. The van der Waals surface area contributed by atoms with E-state index in [9.17, 15) is 14.7 Å². The first-order chi connectivity index (χ1) is 16.2. The lowest BCUT2D eigenvalue weighted by atomic mass is 9.91. The number of likely N-dealkylation sites (tertiary alicyclic amines) is 1. The Morgan fingerprint density at radius 2 is 1.76 bits per heavy atom. The number of aliphatic hydroxyl groups excluding tert-OH is 1. The van der Waals surface area contributed by atoms with Gasteiger partial charge in [0, 0.05) is 13.1 Å². The van der Waals surface area contributed by atoms with Crippen molar-refractivity contribution in [2.24, 2.45) is 0 Å². The third-order valence-corrected chi connectivity index (χ3v) is 6.32. The van der Waals surface area contributed by atoms with Gasteiger partial charge in [0.05, 0.1) is 24.3 Å². The number of aliphatic hydroxyl groups is 1. The number of likely N-dealkylation sites (N-methyl/N-ethyl adjacent to an activating group) is 1. The summed E-state index contributed by atoms with van der Waals surface area (Å²) in [5.41, 5.74) is 3.07. The number of hydrogen-bond acceptors (Lipinski definition) is 5. The molecule has 1 amide bonds. The second-order valence-corrected chi connectivity index (χ2v) is 9.03. The standard InChI is InChI=1S/C28H30N2O4/c1-17-15-18(2)27(34-5)22(16-17)25(31)23-24(30(14-13-29(3)4)28(33)26(23)32)21-12-8-10-19-9-6-7-11-20(19)21/h6-12,15-16,24,31H,13-14H2,1-5H3/b25-23+. The Kier molecular flexibility index (Phi) is 6.44. The van der Waals surface area contributed by atoms with Crippen molar-refractivity contribution in [3.05, 3.63) is 82.4 Å². The summed E-state index contributed by atoms with van der Waals surface area (Å²) in [4.78, 5) is 30.2. The number of benzene rings is 3. The molecular weight excluding hydrogens is 428 g/mol. The van der Waals surface area contributed by atoms with E-state index in [1.807, 2.05) is 81.4 Å². The van der Waals surface area contributed by atoms with E-state index in [-0.39, 0.29) is 11.3 Å². The van der Waals surface area contributed by atoms with E-state index in [1.54, 1.807) is 11.0 Å². The number of rotatable bonds is 6. The fourth-order valence-corrected chi connectivity index (χ4v) is 4.78. The number of carbonyl (C=O) groups excluding carboxylic acids is 2. The SMILES string of the molecule is COc1c(C)cc(C)cc1/C(O)=C1\C(=O)C(=O)N(CCN(C)C)C1c1cccc2ccccc12. The highest BCUT2D eigenvalue weighted by atomic mass is 16.5. The van der Waals surface area contributed by atoms with Crippen LogP contribution in [-0.4, -0.2) is 60.9 Å². The first kappa shape index (κ1) is 23.5. The maximum absolute atomic E-state index is 13.4. The highest BCUT2D eigenvalue weighted by molar-refractivity contribution is 6.46. The molecule has 1 aliphatic rings. The number of methoxy groups -OCH3 is 1. The topological polar surface area (TPSA) is 70.1 Å². The van der Waals surface area contributed by atoms with Crippen LogP contribution in [0.4, 0.5) is 0 Å². The van der Waals surface area contributed by atoms with Crippen molar-refractivity contribution in [3.63, 3.8) is 0 Å². The van der Waals surface area contributed by atoms with Crippen LogP contribution in [0, 0.1) is 13.8 Å². The maximum atomic E-state index is 13.4. The van der Waals surface area contributed by atoms with E-state index >= 15 is 0 Å². The summed E-state index contributed by atoms with van der Waals surface area (Å²) in [5, 5.41) is 13.5. The first-order valence-corrected chi connectivity index (χ1v) is 11.3. The summed E-state index contributed by atoms with van der Waals surface area (Å²) in [6, 6.07) is 16.7. The number of ketones is 1. The van der Waals surface area contributed by atoms with Gasteiger partial charge in [0.2, 0.25) is 0 Å². The van der Waals surface area contributed by atoms with Gasteiger partial charge >= 0.3 is 0 Å². The molecule has 1 saturated heterocycles. The number of carbonyl (C=O) groups is 2. The second-order valence-electron chi connectivity index (χ2n) is 9.03. The molecule has 6 nitrogen and oxygen atoms in total. The van der Waals surface area contributed by atoms with Crippen LogP contribution in [0.2, 0.25) is 0 Å². The van der Waals surface area contributed by atoms with E-state index in [4.69, 9.17) is 4.74 Å². The Labute approximate surface area is 200 Å². The van der Waals surface area contributed by atoms with Gasteiger partial charge in [-0.3, -0.25) is 9.59 Å². The van der Waals surface area contributed by atoms with Gasteiger partial charge in [0.1, 0.15) is 11.5 Å². The van der Waals surface area contributed by atoms with E-state index < -0.39 is 17.7 Å². The zero-order valence-corrected chi connectivity index (χ0v) is 20.3. The van der Waals surface area contributed by atoms with Crippen molar-refractivity contribution in [3.8, 4) is 5.75 Å². The van der Waals surface area contributed by atoms with Gasteiger partial charge in [0.25, 0.3) is 11.7 Å². The van der Waals surface area contributed by atoms with Crippen molar-refractivity contribution in [2.75, 3.05) is 34.3 Å². The monoisotopic (exact) mass is 458 g/mol. The molecule has 0 aromatic heterocycles. The molecule has 4 rings (SSSR count). The molecule has 0 aliphatic carbocycles. The van der Waals surface area contributed by atoms with Crippen LogP contribution in [0.25, 0.3) is 16.5 Å². The fraction of sp³-hybridized carbons (Fsp3) is 0.286. The summed E-state index contributed by atoms with van der Waals surface area (Å²) in [7, 11) is 5.38. The van der Waals surface area contributed by atoms with Crippen LogP contribution in [0.5, 0.6) is 5.75 Å². The largest absolute Gasteiger partial charge is 0.507 e. The average molecular weight is 459 g/mol. The van der Waals surface area contributed by atoms with Gasteiger partial charge in [0.15, 0.2) is 0 Å². The normalized spacial score (nSPS) is 17.7. The molecule has 1 aliphatic heterocycles. The highest BCUT2D eigenvalue weighted by Crippen LogP contribution is 2.43. The lowest BCUT2D eigenvalue weighted by molar-refractivity contribution is -0.140. The number of fused-ring (bicyclic) bond motifs is 1. The summed E-state index contributed by atoms with van der Waals surface area (Å²) in [6.07, 6.45) is 0. The van der Waals surface area contributed by atoms with Crippen molar-refractivity contribution in [1.82, 2.24) is 9.80 Å². The average Bonchev–Trinajstić information content (AvgIpc) is 3.06. The second kappa shape index (κ2) is 9.31. The molecule has 176 valence electrons. The minimum absolute atomic E-state index is 0.0865. The van der Waals surface area contributed by atoms with Crippen molar-refractivity contribution >= 4 is 28.2 Å². The predicted molar refractivity (Wildman–Crippen MR) is 134 cm³/mol. The molecule has 0 spiro atoms. The molecule has 34 heavy (non-hydrogen) atoms. The molecule has 3 aromatic carbocycles. The number of Topliss-reactive ketones (excluding diaryl/α,β-unsaturated/α-hetero) is 1. The molecule has 1 N–H and O–H groups in total. The van der Waals surface area contributed by atoms with Gasteiger partial charge < -0.3 is 19.6 Å². The zero-order chi connectivity index (χ0) is 24.6. The molecule has 6 heteroatoms. The number of ether oxygens (including phenoxy) is 1. The summed E-state index contributed by atoms with van der Waals surface area (Å²) >= 11 is 0. The van der Waals surface area contributed by atoms with Crippen molar-refractivity contribution in [2.45, 2.75) is 19.9 Å². The third-order valence-electron chi connectivity index (χ3n) is 6.32. The molecule has 0 saturated carbocycles. The Morgan fingerprint density at radius 1 is 1.06 bits per heavy atom. The van der Waals surface area contributed by atoms with E-state index in [0.29, 0.717) is 24.4 Å². The van der Waals surface area contributed by atoms with E-state index in [2.05, 4.69) is 0 Å². The lowest BCUT2D eigenvalue weighted by Gasteiger charge is -2.27. The van der Waals surface area contributed by atoms with E-state index in [1.165, 1.54) is 7.11 Å². The first-order valence-electron chi connectivity index (χ1n) is 11.3. The molecule has 1 unspecified atom stereocenters. The Hall–Kier alpha value is -3.64. The van der Waals surface area contributed by atoms with Crippen LogP contribution in [0.3, 0.4) is 0 Å². The molecule has 1 atom stereocenters. The zero-order valence-electron chi connectivity index (χ0n) is 20.3. The predicted octanol–water partition coefficient (Wildman–Crippen LogP) is 4.45. The number of amides is 1. The van der Waals surface area contributed by atoms with Crippen molar-refractivity contribution < 1.29 is 19.4 Å². The van der Waals surface area contributed by atoms with Gasteiger partial charge in [-0.2, -0.15) is 0 Å². The Morgan fingerprint density at radius 3 is 2.47 bits per heavy atom. The van der Waals surface area contributed by atoms with Crippen molar-refractivity contribution in [1.29, 1.82) is 0 Å². The highest BCUT2D eigenvalue weighted by Gasteiger charge is 2.46. The smallest absolute Gasteiger partial charge is 0.295 e. The van der Waals surface area contributed by atoms with Gasteiger partial charge in [-0.15, -0.1) is 0 Å². The van der Waals surface area contributed by atoms with Gasteiger partial charge in [-0.1, -0.05) is 48.5 Å². The molecule has 1 heterocycles. The van der Waals surface area contributed by atoms with Crippen LogP contribution < -0.4 is 4.74 Å². The minimum Gasteiger partial charge on any atom is -0.507 e. The Bertz CT molecular complexity index is 1300. The summed E-state index contributed by atoms with van der Waals surface area (Å²) < 4.78 is 5.58. The number of nitrogens with zero attached hydrogens (tertiary/aromatic N) is 2. The molecular formula is C28H30N2O4. The third kappa shape index (κ3) is 4.05. The van der Waals surface area contributed by atoms with Gasteiger partial charge in [-0.25, -0.2) is 0 Å². The summed E-state index contributed by atoms with van der Waals surface area (Å²) in [5.74, 6) is -1.02. The Balaban J connectivity index is 2.00. The van der Waals surface area contributed by atoms with E-state index in [0.717, 1.165) is 27.5 Å². The lowest BCUT2D eigenvalue weighted by Crippen LogP contribution is -2.35. The molecule has 0 bridgehead atoms. The quantitative estimate of drug-likeness (QED) is 0.336. The van der Waals surface area contributed by atoms with Crippen LogP contribution in [0.1, 0.15) is 28.3 Å². The molecule has 0 radical (unpaired) electrons. The minimum atomic E-state index is -0.712. The van der Waals surface area contributed by atoms with Crippen LogP contribution >= 0.6 is 0 Å². The number of aryl methyl sites for hydroxylation is 2. The molecule has 1 fully saturated rings. The van der Waals surface area contributed by atoms with Crippen LogP contribution in [0.15, 0.2) is 60.2 Å². The van der Waals surface area contributed by atoms with Gasteiger partial charge in [-0.05, 0) is 61.5 Å².